The summed E-state index contributed by atoms with van der Waals surface area (Å²) in [5.41, 5.74) is 4.22. The van der Waals surface area contributed by atoms with E-state index in [0.29, 0.717) is 0 Å². The van der Waals surface area contributed by atoms with E-state index in [-0.39, 0.29) is 11.9 Å². The minimum Gasteiger partial charge on any atom is -0.369 e. The van der Waals surface area contributed by atoms with Gasteiger partial charge in [0.25, 0.3) is 0 Å². The lowest BCUT2D eigenvalue weighted by Gasteiger charge is -2.21. The summed E-state index contributed by atoms with van der Waals surface area (Å²) in [6, 6.07) is 5.91. The van der Waals surface area contributed by atoms with Gasteiger partial charge in [0.05, 0.1) is 5.69 Å². The topological polar surface area (TPSA) is 44.4 Å². The predicted octanol–water partition coefficient (Wildman–Crippen LogP) is 3.36. The maximum atomic E-state index is 11.9. The second kappa shape index (κ2) is 5.79. The predicted molar refractivity (Wildman–Crippen MR) is 91.0 cm³/mol. The first kappa shape index (κ1) is 14.6. The van der Waals surface area contributed by atoms with Gasteiger partial charge in [0.2, 0.25) is 5.91 Å². The van der Waals surface area contributed by atoms with Gasteiger partial charge in [0.1, 0.15) is 6.04 Å². The van der Waals surface area contributed by atoms with E-state index < -0.39 is 0 Å². The second-order valence-electron chi connectivity index (χ2n) is 5.09. The van der Waals surface area contributed by atoms with E-state index in [1.54, 1.807) is 18.4 Å². The Balaban J connectivity index is 1.91. The minimum atomic E-state index is -0.271. The highest BCUT2D eigenvalue weighted by Crippen LogP contribution is 2.39. The van der Waals surface area contributed by atoms with Crippen molar-refractivity contribution in [2.75, 3.05) is 24.3 Å². The van der Waals surface area contributed by atoms with Crippen LogP contribution in [0.2, 0.25) is 0 Å². The lowest BCUT2D eigenvalue weighted by molar-refractivity contribution is -0.117. The number of carbonyl (C=O) groups excluding carboxylic acids is 1. The van der Waals surface area contributed by atoms with Gasteiger partial charge in [0, 0.05) is 29.3 Å². The Morgan fingerprint density at radius 3 is 2.95 bits per heavy atom. The molecule has 1 aromatic heterocycles. The molecule has 0 aliphatic carbocycles. The number of hydrogen-bond donors (Lipinski definition) is 2. The number of benzene rings is 1. The normalized spacial score (nSPS) is 16.7. The van der Waals surface area contributed by atoms with E-state index in [1.165, 1.54) is 5.56 Å². The third-order valence-corrected chi connectivity index (χ3v) is 5.02. The average Bonchev–Trinajstić information content (AvgIpc) is 3.04. The molecule has 0 bridgehead atoms. The summed E-state index contributed by atoms with van der Waals surface area (Å²) in [4.78, 5) is 14.1. The Labute approximate surface area is 136 Å². The number of anilines is 2. The first-order valence-electron chi connectivity index (χ1n) is 6.64. The molecule has 1 aliphatic rings. The van der Waals surface area contributed by atoms with Gasteiger partial charge in [0.15, 0.2) is 0 Å². The Morgan fingerprint density at radius 2 is 2.29 bits per heavy atom. The number of nitrogens with zero attached hydrogens (tertiary/aromatic N) is 1. The summed E-state index contributed by atoms with van der Waals surface area (Å²) in [5.74, 6) is -0.00274. The number of amides is 1. The number of halogens is 1. The molecular formula is C15H16BrN3OS. The quantitative estimate of drug-likeness (QED) is 0.872. The molecule has 21 heavy (non-hydrogen) atoms. The van der Waals surface area contributed by atoms with Crippen LogP contribution < -0.4 is 15.5 Å². The Bertz CT molecular complexity index is 672. The largest absolute Gasteiger partial charge is 0.369 e. The molecule has 1 amide bonds. The number of rotatable bonds is 4. The first-order valence-corrected chi connectivity index (χ1v) is 8.37. The molecule has 2 heterocycles. The Hall–Kier alpha value is -1.37. The zero-order valence-electron chi connectivity index (χ0n) is 11.8. The van der Waals surface area contributed by atoms with Crippen LogP contribution in [0.4, 0.5) is 11.4 Å². The van der Waals surface area contributed by atoms with Crippen molar-refractivity contribution in [3.05, 3.63) is 44.6 Å². The summed E-state index contributed by atoms with van der Waals surface area (Å²) in [5, 5.41) is 10.2. The molecule has 2 aromatic rings. The first-order chi connectivity index (χ1) is 10.1. The summed E-state index contributed by atoms with van der Waals surface area (Å²) >= 11 is 5.33. The molecule has 0 saturated carbocycles. The molecule has 4 nitrogen and oxygen atoms in total. The molecule has 0 radical (unpaired) electrons. The highest BCUT2D eigenvalue weighted by atomic mass is 79.9. The van der Waals surface area contributed by atoms with Crippen molar-refractivity contribution >= 4 is 44.5 Å². The van der Waals surface area contributed by atoms with Crippen LogP contribution in [0.5, 0.6) is 0 Å². The van der Waals surface area contributed by atoms with Crippen molar-refractivity contribution in [3.8, 4) is 0 Å². The molecule has 1 atom stereocenters. The van der Waals surface area contributed by atoms with E-state index in [1.807, 2.05) is 12.1 Å². The van der Waals surface area contributed by atoms with Crippen LogP contribution in [0.25, 0.3) is 0 Å². The molecule has 3 rings (SSSR count). The van der Waals surface area contributed by atoms with Crippen molar-refractivity contribution in [2.24, 2.45) is 0 Å². The fourth-order valence-corrected chi connectivity index (χ4v) is 3.91. The number of carbonyl (C=O) groups is 1. The van der Waals surface area contributed by atoms with Gasteiger partial charge >= 0.3 is 0 Å². The van der Waals surface area contributed by atoms with Crippen LogP contribution in [0.1, 0.15) is 17.2 Å². The van der Waals surface area contributed by atoms with Gasteiger partial charge in [-0.1, -0.05) is 0 Å². The molecule has 1 aromatic carbocycles. The van der Waals surface area contributed by atoms with Crippen LogP contribution in [0.3, 0.4) is 0 Å². The molecule has 1 unspecified atom stereocenters. The summed E-state index contributed by atoms with van der Waals surface area (Å²) < 4.78 is 0.996. The smallest absolute Gasteiger partial charge is 0.246 e. The Kier molecular flexibility index (Phi) is 4.01. The van der Waals surface area contributed by atoms with Gasteiger partial charge in [-0.25, -0.2) is 0 Å². The van der Waals surface area contributed by atoms with Crippen LogP contribution in [0.15, 0.2) is 33.4 Å². The van der Waals surface area contributed by atoms with Gasteiger partial charge in [-0.3, -0.25) is 4.79 Å². The van der Waals surface area contributed by atoms with Gasteiger partial charge in [-0.2, -0.15) is 11.3 Å². The van der Waals surface area contributed by atoms with Gasteiger partial charge in [-0.05, 0) is 57.5 Å². The summed E-state index contributed by atoms with van der Waals surface area (Å²) in [6.45, 7) is 0.838. The number of hydrogen-bond acceptors (Lipinski definition) is 4. The van der Waals surface area contributed by atoms with Gasteiger partial charge in [-0.15, -0.1) is 0 Å². The van der Waals surface area contributed by atoms with Crippen LogP contribution in [-0.4, -0.2) is 20.0 Å². The van der Waals surface area contributed by atoms with Crippen molar-refractivity contribution in [2.45, 2.75) is 12.6 Å². The molecular weight excluding hydrogens is 350 g/mol. The third-order valence-electron chi connectivity index (χ3n) is 3.65. The lowest BCUT2D eigenvalue weighted by Crippen LogP contribution is -2.23. The van der Waals surface area contributed by atoms with E-state index in [0.717, 1.165) is 28.0 Å². The molecule has 0 fully saturated rings. The van der Waals surface area contributed by atoms with E-state index in [4.69, 9.17) is 0 Å². The fourth-order valence-electron chi connectivity index (χ4n) is 2.59. The number of likely N-dealkylation sites (N-methyl/N-ethyl adjacent to an activating group) is 1. The zero-order valence-corrected chi connectivity index (χ0v) is 14.2. The SMILES string of the molecule is CNC1C(=O)Nc2cc(N(C)Cc3ccsc3)c(Br)cc21. The molecule has 110 valence electrons. The van der Waals surface area contributed by atoms with Crippen LogP contribution in [-0.2, 0) is 11.3 Å². The van der Waals surface area contributed by atoms with Crippen LogP contribution >= 0.6 is 27.3 Å². The molecule has 6 heteroatoms. The number of fused-ring (bicyclic) bond motifs is 1. The lowest BCUT2D eigenvalue weighted by atomic mass is 10.1. The van der Waals surface area contributed by atoms with E-state index in [2.05, 4.69) is 55.3 Å². The van der Waals surface area contributed by atoms with Crippen molar-refractivity contribution in [3.63, 3.8) is 0 Å². The Morgan fingerprint density at radius 1 is 1.48 bits per heavy atom. The maximum Gasteiger partial charge on any atom is 0.246 e. The highest BCUT2D eigenvalue weighted by Gasteiger charge is 2.30. The highest BCUT2D eigenvalue weighted by molar-refractivity contribution is 9.10. The standard InChI is InChI=1S/C15H16BrN3OS/c1-17-14-10-5-11(16)13(6-12(10)18-15(14)20)19(2)7-9-3-4-21-8-9/h3-6,8,14,17H,7H2,1-2H3,(H,18,20). The van der Waals surface area contributed by atoms with E-state index >= 15 is 0 Å². The number of thiophene rings is 1. The van der Waals surface area contributed by atoms with E-state index in [9.17, 15) is 4.79 Å². The monoisotopic (exact) mass is 365 g/mol. The van der Waals surface area contributed by atoms with Crippen molar-refractivity contribution in [1.29, 1.82) is 0 Å². The third kappa shape index (κ3) is 2.71. The van der Waals surface area contributed by atoms with Gasteiger partial charge < -0.3 is 15.5 Å². The molecule has 2 N–H and O–H groups in total. The van der Waals surface area contributed by atoms with Crippen LogP contribution in [0, 0.1) is 0 Å². The van der Waals surface area contributed by atoms with Crippen molar-refractivity contribution in [1.82, 2.24) is 5.32 Å². The van der Waals surface area contributed by atoms with Crippen molar-refractivity contribution < 1.29 is 4.79 Å². The average molecular weight is 366 g/mol. The zero-order chi connectivity index (χ0) is 15.0. The fraction of sp³-hybridized carbons (Fsp3) is 0.267. The number of nitrogens with one attached hydrogen (secondary N) is 2. The minimum absolute atomic E-state index is 0.00274. The summed E-state index contributed by atoms with van der Waals surface area (Å²) in [7, 11) is 3.85. The second-order valence-corrected chi connectivity index (χ2v) is 6.72. The maximum absolute atomic E-state index is 11.9. The molecule has 0 saturated heterocycles. The summed E-state index contributed by atoms with van der Waals surface area (Å²) in [6.07, 6.45) is 0. The molecule has 0 spiro atoms. The molecule has 1 aliphatic heterocycles.